The number of pyridine rings is 1. The lowest BCUT2D eigenvalue weighted by Crippen LogP contribution is -2.15. The summed E-state index contributed by atoms with van der Waals surface area (Å²) in [5.41, 5.74) is 5.75. The number of rotatable bonds is 7. The summed E-state index contributed by atoms with van der Waals surface area (Å²) in [6, 6.07) is 21.1. The number of fused-ring (bicyclic) bond motifs is 1. The second-order valence-corrected chi connectivity index (χ2v) is 8.30. The summed E-state index contributed by atoms with van der Waals surface area (Å²) in [5, 5.41) is 14.7. The van der Waals surface area contributed by atoms with Crippen LogP contribution in [0.3, 0.4) is 0 Å². The maximum atomic E-state index is 10.1. The minimum atomic E-state index is -0.0646. The maximum absolute atomic E-state index is 10.1. The molecular weight excluding hydrogens is 422 g/mol. The number of aromatic nitrogens is 1. The molecule has 0 aliphatic heterocycles. The number of nitrogens with one attached hydrogen (secondary N) is 1. The molecule has 4 aromatic rings. The van der Waals surface area contributed by atoms with Gasteiger partial charge in [-0.25, -0.2) is 0 Å². The van der Waals surface area contributed by atoms with Crippen LogP contribution in [-0.2, 0) is 6.42 Å². The van der Waals surface area contributed by atoms with E-state index in [1.165, 1.54) is 12.7 Å². The van der Waals surface area contributed by atoms with E-state index in [0.29, 0.717) is 5.75 Å². The van der Waals surface area contributed by atoms with E-state index in [2.05, 4.69) is 53.6 Å². The van der Waals surface area contributed by atoms with Crippen molar-refractivity contribution in [2.75, 3.05) is 33.1 Å². The van der Waals surface area contributed by atoms with Gasteiger partial charge in [-0.05, 0) is 73.6 Å². The van der Waals surface area contributed by atoms with Gasteiger partial charge in [0.05, 0.1) is 23.3 Å². The minimum Gasteiger partial charge on any atom is -0.503 e. The molecule has 5 nitrogen and oxygen atoms in total. The van der Waals surface area contributed by atoms with Crippen LogP contribution in [0, 0.1) is 6.07 Å². The van der Waals surface area contributed by atoms with Crippen molar-refractivity contribution in [2.24, 2.45) is 0 Å². The Hall–Kier alpha value is -3.28. The van der Waals surface area contributed by atoms with Gasteiger partial charge in [-0.2, -0.15) is 0 Å². The van der Waals surface area contributed by atoms with E-state index in [0.717, 1.165) is 46.4 Å². The first-order chi connectivity index (χ1) is 15.4. The zero-order valence-electron chi connectivity index (χ0n) is 18.3. The van der Waals surface area contributed by atoms with Crippen LogP contribution in [0.4, 0.5) is 11.4 Å². The highest BCUT2D eigenvalue weighted by atomic mass is 35.5. The number of hydrogen-bond acceptors (Lipinski definition) is 5. The Kier molecular flexibility index (Phi) is 6.49. The minimum absolute atomic E-state index is 0.0646. The highest BCUT2D eigenvalue weighted by Crippen LogP contribution is 2.39. The molecule has 0 aliphatic carbocycles. The van der Waals surface area contributed by atoms with Crippen LogP contribution in [0.2, 0.25) is 5.02 Å². The number of methoxy groups -OCH3 is 1. The average Bonchev–Trinajstić information content (AvgIpc) is 2.79. The molecule has 0 fully saturated rings. The van der Waals surface area contributed by atoms with E-state index >= 15 is 0 Å². The third-order valence-corrected chi connectivity index (χ3v) is 5.59. The van der Waals surface area contributed by atoms with Gasteiger partial charge in [0.15, 0.2) is 11.5 Å². The fourth-order valence-electron chi connectivity index (χ4n) is 3.57. The number of likely N-dealkylation sites (N-methyl/N-ethyl adjacent to an activating group) is 1. The highest BCUT2D eigenvalue weighted by Gasteiger charge is 2.12. The summed E-state index contributed by atoms with van der Waals surface area (Å²) >= 11 is 6.20. The number of benzene rings is 3. The molecular formula is C26H25ClN3O2. The molecule has 0 amide bonds. The Morgan fingerprint density at radius 2 is 1.94 bits per heavy atom. The van der Waals surface area contributed by atoms with Crippen molar-refractivity contribution in [3.63, 3.8) is 0 Å². The predicted octanol–water partition coefficient (Wildman–Crippen LogP) is 5.92. The molecule has 6 heteroatoms. The van der Waals surface area contributed by atoms with Gasteiger partial charge in [-0.1, -0.05) is 29.8 Å². The number of phenols is 1. The Morgan fingerprint density at radius 3 is 2.72 bits per heavy atom. The van der Waals surface area contributed by atoms with Crippen molar-refractivity contribution in [3.8, 4) is 22.6 Å². The zero-order chi connectivity index (χ0) is 22.7. The Labute approximate surface area is 193 Å². The van der Waals surface area contributed by atoms with Crippen LogP contribution in [0.25, 0.3) is 22.0 Å². The Balaban J connectivity index is 1.70. The third kappa shape index (κ3) is 4.79. The first-order valence-electron chi connectivity index (χ1n) is 10.3. The number of hydrogen-bond donors (Lipinski definition) is 2. The molecule has 163 valence electrons. The summed E-state index contributed by atoms with van der Waals surface area (Å²) in [6.45, 7) is 0.996. The number of ether oxygens (including phenoxy) is 1. The van der Waals surface area contributed by atoms with E-state index in [1.54, 1.807) is 18.3 Å². The molecule has 0 spiro atoms. The molecule has 0 saturated carbocycles. The van der Waals surface area contributed by atoms with Crippen molar-refractivity contribution < 1.29 is 9.84 Å². The Morgan fingerprint density at radius 1 is 1.09 bits per heavy atom. The lowest BCUT2D eigenvalue weighted by molar-refractivity contribution is 0.374. The van der Waals surface area contributed by atoms with Crippen LogP contribution < -0.4 is 10.1 Å². The van der Waals surface area contributed by atoms with Gasteiger partial charge >= 0.3 is 0 Å². The maximum Gasteiger partial charge on any atom is 0.176 e. The molecule has 0 atom stereocenters. The van der Waals surface area contributed by atoms with Crippen LogP contribution in [0.15, 0.2) is 60.8 Å². The van der Waals surface area contributed by atoms with Crippen molar-refractivity contribution in [3.05, 3.63) is 77.4 Å². The number of phenolic OH excluding ortho intramolecular Hbond substituents is 1. The molecule has 3 aromatic carbocycles. The number of aromatic hydroxyl groups is 1. The van der Waals surface area contributed by atoms with Gasteiger partial charge in [0.2, 0.25) is 0 Å². The van der Waals surface area contributed by atoms with Crippen molar-refractivity contribution in [1.82, 2.24) is 9.88 Å². The van der Waals surface area contributed by atoms with Gasteiger partial charge in [-0.3, -0.25) is 4.98 Å². The summed E-state index contributed by atoms with van der Waals surface area (Å²) in [4.78, 5) is 6.64. The molecule has 32 heavy (non-hydrogen) atoms. The highest BCUT2D eigenvalue weighted by molar-refractivity contribution is 6.32. The smallest absolute Gasteiger partial charge is 0.176 e. The van der Waals surface area contributed by atoms with Crippen LogP contribution in [0.1, 0.15) is 5.56 Å². The molecule has 0 saturated heterocycles. The predicted molar refractivity (Wildman–Crippen MR) is 131 cm³/mol. The monoisotopic (exact) mass is 446 g/mol. The molecule has 0 aliphatic rings. The lowest BCUT2D eigenvalue weighted by Gasteiger charge is -2.13. The van der Waals surface area contributed by atoms with E-state index in [1.807, 2.05) is 24.3 Å². The van der Waals surface area contributed by atoms with Gasteiger partial charge in [-0.15, -0.1) is 0 Å². The molecule has 1 radical (unpaired) electrons. The first-order valence-corrected chi connectivity index (χ1v) is 10.7. The summed E-state index contributed by atoms with van der Waals surface area (Å²) in [5.74, 6) is 0.267. The molecule has 1 aromatic heterocycles. The fraction of sp³-hybridized carbons (Fsp3) is 0.192. The van der Waals surface area contributed by atoms with Crippen LogP contribution in [0.5, 0.6) is 11.5 Å². The van der Waals surface area contributed by atoms with Gasteiger partial charge in [0, 0.05) is 29.9 Å². The topological polar surface area (TPSA) is 57.6 Å². The molecule has 2 N–H and O–H groups in total. The van der Waals surface area contributed by atoms with E-state index < -0.39 is 0 Å². The van der Waals surface area contributed by atoms with E-state index in [9.17, 15) is 5.11 Å². The van der Waals surface area contributed by atoms with Gasteiger partial charge in [0.1, 0.15) is 0 Å². The van der Waals surface area contributed by atoms with E-state index in [-0.39, 0.29) is 10.8 Å². The third-order valence-electron chi connectivity index (χ3n) is 5.30. The Bertz CT molecular complexity index is 1260. The van der Waals surface area contributed by atoms with Crippen LogP contribution in [-0.4, -0.2) is 42.7 Å². The van der Waals surface area contributed by atoms with E-state index in [4.69, 9.17) is 16.3 Å². The molecule has 0 bridgehead atoms. The van der Waals surface area contributed by atoms with Crippen molar-refractivity contribution in [2.45, 2.75) is 6.42 Å². The second kappa shape index (κ2) is 9.47. The summed E-state index contributed by atoms with van der Waals surface area (Å²) in [6.07, 6.45) is 2.66. The lowest BCUT2D eigenvalue weighted by atomic mass is 10.0. The SMILES string of the molecule is COc1cc(-c2ccc3nc[c]c(Nc4cccc(CCN(C)C)c4)c3c2)cc(Cl)c1O. The largest absolute Gasteiger partial charge is 0.503 e. The second-order valence-electron chi connectivity index (χ2n) is 7.90. The molecule has 1 heterocycles. The van der Waals surface area contributed by atoms with Gasteiger partial charge in [0.25, 0.3) is 0 Å². The molecule has 0 unspecified atom stereocenters. The average molecular weight is 447 g/mol. The number of nitrogens with zero attached hydrogens (tertiary/aromatic N) is 2. The number of halogens is 1. The normalized spacial score (nSPS) is 11.2. The zero-order valence-corrected chi connectivity index (χ0v) is 19.1. The van der Waals surface area contributed by atoms with Crippen LogP contribution >= 0.6 is 11.6 Å². The summed E-state index contributed by atoms with van der Waals surface area (Å²) < 4.78 is 5.26. The quantitative estimate of drug-likeness (QED) is 0.369. The number of anilines is 2. The van der Waals surface area contributed by atoms with Crippen molar-refractivity contribution in [1.29, 1.82) is 0 Å². The first kappa shape index (κ1) is 21.9. The summed E-state index contributed by atoms with van der Waals surface area (Å²) in [7, 11) is 5.66. The molecule has 4 rings (SSSR count). The fourth-order valence-corrected chi connectivity index (χ4v) is 3.78. The standard InChI is InChI=1S/C26H25ClN3O2/c1-30(2)12-10-17-5-4-6-20(13-17)29-24-9-11-28-23-8-7-18(14-21(23)24)19-15-22(27)26(31)25(16-19)32-3/h4-8,11,13-16,31H,10,12H2,1-3H3,(H,28,29). The van der Waals surface area contributed by atoms with Gasteiger partial charge < -0.3 is 20.1 Å². The van der Waals surface area contributed by atoms with Crippen molar-refractivity contribution >= 4 is 33.9 Å².